The standard InChI is InChI=1S/C27H33ClIN7O5/c1-16(29)31-22(37)4-6-24(39)35-7-8-36-19(14-35)15-40-9-10-41-21-12-18(32-26-20(28)13-30-27(36)33-26)11-17-3-5-23(38)34(2)25(17)21/h11-13,16,19H,3-10,14-15H2,1-2H3,(H,31,37)(H,30,32,33)/t16-,19-/m1/s1. The molecule has 3 aliphatic rings. The van der Waals surface area contributed by atoms with Gasteiger partial charge >= 0.3 is 0 Å². The fourth-order valence-corrected chi connectivity index (χ4v) is 5.75. The lowest BCUT2D eigenvalue weighted by molar-refractivity contribution is -0.134. The molecule has 1 aromatic carbocycles. The van der Waals surface area contributed by atoms with Gasteiger partial charge in [-0.05, 0) is 25.0 Å². The lowest BCUT2D eigenvalue weighted by atomic mass is 10.00. The molecule has 1 saturated heterocycles. The number of anilines is 4. The summed E-state index contributed by atoms with van der Waals surface area (Å²) >= 11 is 8.62. The molecule has 2 aromatic rings. The van der Waals surface area contributed by atoms with Crippen LogP contribution in [0.2, 0.25) is 5.02 Å². The predicted octanol–water partition coefficient (Wildman–Crippen LogP) is 2.89. The smallest absolute Gasteiger partial charge is 0.227 e. The summed E-state index contributed by atoms with van der Waals surface area (Å²) in [6.07, 6.45) is 2.87. The first-order valence-electron chi connectivity index (χ1n) is 13.6. The van der Waals surface area contributed by atoms with Crippen molar-refractivity contribution in [2.75, 3.05) is 61.6 Å². The normalized spacial score (nSPS) is 19.7. The second kappa shape index (κ2) is 12.9. The number of carbonyl (C=O) groups is 3. The van der Waals surface area contributed by atoms with Crippen LogP contribution in [0.25, 0.3) is 0 Å². The van der Waals surface area contributed by atoms with Crippen molar-refractivity contribution in [1.82, 2.24) is 20.2 Å². The molecule has 0 radical (unpaired) electrons. The van der Waals surface area contributed by atoms with Crippen molar-refractivity contribution in [2.45, 2.75) is 42.7 Å². The van der Waals surface area contributed by atoms with Gasteiger partial charge < -0.3 is 34.8 Å². The van der Waals surface area contributed by atoms with Crippen molar-refractivity contribution in [1.29, 1.82) is 0 Å². The van der Waals surface area contributed by atoms with Crippen LogP contribution in [0.15, 0.2) is 18.3 Å². The van der Waals surface area contributed by atoms with Crippen molar-refractivity contribution in [3.8, 4) is 5.75 Å². The molecule has 0 saturated carbocycles. The molecular weight excluding hydrogens is 665 g/mol. The molecule has 1 fully saturated rings. The average molecular weight is 698 g/mol. The number of rotatable bonds is 4. The van der Waals surface area contributed by atoms with Crippen molar-refractivity contribution >= 4 is 75.1 Å². The zero-order chi connectivity index (χ0) is 29.1. The van der Waals surface area contributed by atoms with Gasteiger partial charge in [0, 0.05) is 57.7 Å². The second-order valence-corrected chi connectivity index (χ2v) is 12.5. The minimum Gasteiger partial charge on any atom is -0.489 e. The van der Waals surface area contributed by atoms with Crippen LogP contribution in [0, 0.1) is 0 Å². The van der Waals surface area contributed by atoms with E-state index in [0.717, 1.165) is 16.9 Å². The lowest BCUT2D eigenvalue weighted by Gasteiger charge is -2.41. The molecule has 4 heterocycles. The number of nitrogens with one attached hydrogen (secondary N) is 2. The highest BCUT2D eigenvalue weighted by Crippen LogP contribution is 2.40. The van der Waals surface area contributed by atoms with Crippen molar-refractivity contribution < 1.29 is 23.9 Å². The Balaban J connectivity index is 1.37. The Kier molecular flexibility index (Phi) is 9.34. The first kappa shape index (κ1) is 29.6. The topological polar surface area (TPSA) is 129 Å². The van der Waals surface area contributed by atoms with Gasteiger partial charge in [0.2, 0.25) is 23.7 Å². The number of piperazine rings is 1. The zero-order valence-corrected chi connectivity index (χ0v) is 25.9. The molecular formula is C27H33ClIN7O5. The quantitative estimate of drug-likeness (QED) is 0.282. The number of benzene rings is 1. The molecule has 220 valence electrons. The fourth-order valence-electron chi connectivity index (χ4n) is 5.26. The van der Waals surface area contributed by atoms with Crippen LogP contribution in [0.1, 0.15) is 31.7 Å². The predicted molar refractivity (Wildman–Crippen MR) is 163 cm³/mol. The number of hydrogen-bond donors (Lipinski definition) is 2. The van der Waals surface area contributed by atoms with Crippen LogP contribution < -0.4 is 25.2 Å². The molecule has 0 unspecified atom stereocenters. The Bertz CT molecular complexity index is 1330. The summed E-state index contributed by atoms with van der Waals surface area (Å²) < 4.78 is 12.2. The van der Waals surface area contributed by atoms with E-state index < -0.39 is 0 Å². The van der Waals surface area contributed by atoms with E-state index in [1.54, 1.807) is 23.0 Å². The Morgan fingerprint density at radius 2 is 2.07 bits per heavy atom. The minimum atomic E-state index is -0.220. The molecule has 0 aliphatic carbocycles. The van der Waals surface area contributed by atoms with Gasteiger partial charge in [0.05, 0.1) is 35.2 Å². The highest BCUT2D eigenvalue weighted by atomic mass is 127. The largest absolute Gasteiger partial charge is 0.489 e. The highest BCUT2D eigenvalue weighted by Gasteiger charge is 2.32. The van der Waals surface area contributed by atoms with Gasteiger partial charge in [-0.15, -0.1) is 0 Å². The third-order valence-electron chi connectivity index (χ3n) is 7.28. The number of amides is 3. The lowest BCUT2D eigenvalue weighted by Crippen LogP contribution is -2.57. The Labute approximate surface area is 257 Å². The Morgan fingerprint density at radius 3 is 2.88 bits per heavy atom. The molecule has 41 heavy (non-hydrogen) atoms. The van der Waals surface area contributed by atoms with E-state index >= 15 is 0 Å². The number of hydrogen-bond acceptors (Lipinski definition) is 9. The molecule has 0 spiro atoms. The third-order valence-corrected chi connectivity index (χ3v) is 7.87. The van der Waals surface area contributed by atoms with Crippen LogP contribution in [0.4, 0.5) is 23.1 Å². The van der Waals surface area contributed by atoms with Gasteiger partial charge in [-0.25, -0.2) is 4.98 Å². The van der Waals surface area contributed by atoms with Gasteiger partial charge in [0.25, 0.3) is 0 Å². The summed E-state index contributed by atoms with van der Waals surface area (Å²) in [5.41, 5.74) is 2.48. The van der Waals surface area contributed by atoms with Crippen molar-refractivity contribution in [3.63, 3.8) is 0 Å². The second-order valence-electron chi connectivity index (χ2n) is 10.2. The summed E-state index contributed by atoms with van der Waals surface area (Å²) in [5, 5.41) is 6.48. The molecule has 14 heteroatoms. The first-order valence-corrected chi connectivity index (χ1v) is 15.2. The number of aromatic nitrogens is 2. The summed E-state index contributed by atoms with van der Waals surface area (Å²) in [7, 11) is 1.75. The van der Waals surface area contributed by atoms with Gasteiger partial charge in [0.1, 0.15) is 17.4 Å². The monoisotopic (exact) mass is 697 g/mol. The average Bonchev–Trinajstić information content (AvgIpc) is 2.94. The number of carbonyl (C=O) groups excluding carboxylic acids is 3. The number of halogens is 2. The first-order chi connectivity index (χ1) is 19.7. The third kappa shape index (κ3) is 6.95. The molecule has 4 bridgehead atoms. The van der Waals surface area contributed by atoms with Crippen LogP contribution in [-0.2, 0) is 25.5 Å². The van der Waals surface area contributed by atoms with Crippen molar-refractivity contribution in [2.24, 2.45) is 0 Å². The van der Waals surface area contributed by atoms with E-state index in [-0.39, 0.29) is 47.3 Å². The van der Waals surface area contributed by atoms with Gasteiger partial charge in [-0.3, -0.25) is 14.4 Å². The van der Waals surface area contributed by atoms with E-state index in [4.69, 9.17) is 26.1 Å². The van der Waals surface area contributed by atoms with Crippen LogP contribution in [0.3, 0.4) is 0 Å². The van der Waals surface area contributed by atoms with E-state index in [1.165, 1.54) is 0 Å². The number of alkyl halides is 1. The molecule has 3 amide bonds. The SMILES string of the molecule is C[C@H](I)NC(=O)CCC(=O)N1CCN2c3ncc(Cl)c(n3)Nc3cc4c(c(c3)OCCOC[C@H]2C1)N(C)C(=O)CC4. The number of nitrogens with zero attached hydrogens (tertiary/aromatic N) is 5. The zero-order valence-electron chi connectivity index (χ0n) is 23.0. The molecule has 2 atom stereocenters. The maximum atomic E-state index is 13.0. The molecule has 1 aromatic heterocycles. The minimum absolute atomic E-state index is 0.000320. The molecule has 12 nitrogen and oxygen atoms in total. The fraction of sp³-hybridized carbons (Fsp3) is 0.519. The van der Waals surface area contributed by atoms with Crippen LogP contribution in [0.5, 0.6) is 5.75 Å². The van der Waals surface area contributed by atoms with E-state index in [1.807, 2.05) is 24.0 Å². The number of aryl methyl sites for hydroxylation is 1. The van der Waals surface area contributed by atoms with Gasteiger partial charge in [0.15, 0.2) is 5.82 Å². The van der Waals surface area contributed by atoms with Crippen LogP contribution in [-0.4, -0.2) is 89.2 Å². The van der Waals surface area contributed by atoms with Gasteiger partial charge in [-0.2, -0.15) is 4.98 Å². The summed E-state index contributed by atoms with van der Waals surface area (Å²) in [6, 6.07) is 3.61. The summed E-state index contributed by atoms with van der Waals surface area (Å²) in [6.45, 7) is 4.14. The van der Waals surface area contributed by atoms with Crippen molar-refractivity contribution in [3.05, 3.63) is 28.9 Å². The Morgan fingerprint density at radius 1 is 1.24 bits per heavy atom. The molecule has 2 N–H and O–H groups in total. The van der Waals surface area contributed by atoms with E-state index in [9.17, 15) is 14.4 Å². The molecule has 3 aliphatic heterocycles. The van der Waals surface area contributed by atoms with E-state index in [0.29, 0.717) is 68.2 Å². The maximum Gasteiger partial charge on any atom is 0.227 e. The summed E-state index contributed by atoms with van der Waals surface area (Å²) in [4.78, 5) is 52.1. The highest BCUT2D eigenvalue weighted by molar-refractivity contribution is 14.1. The van der Waals surface area contributed by atoms with E-state index in [2.05, 4.69) is 38.2 Å². The van der Waals surface area contributed by atoms with Gasteiger partial charge in [-0.1, -0.05) is 34.2 Å². The summed E-state index contributed by atoms with van der Waals surface area (Å²) in [5.74, 6) is 1.30. The number of fused-ring (bicyclic) bond motifs is 8. The maximum absolute atomic E-state index is 13.0. The number of ether oxygens (including phenoxy) is 2. The molecule has 5 rings (SSSR count). The Hall–Kier alpha value is -2.91. The van der Waals surface area contributed by atoms with Crippen LogP contribution >= 0.6 is 34.2 Å².